The van der Waals surface area contributed by atoms with Gasteiger partial charge in [0.05, 0.1) is 7.11 Å². The summed E-state index contributed by atoms with van der Waals surface area (Å²) in [5.74, 6) is 0.903. The topological polar surface area (TPSA) is 47.3 Å². The van der Waals surface area contributed by atoms with E-state index in [0.717, 1.165) is 25.3 Å². The van der Waals surface area contributed by atoms with Crippen molar-refractivity contribution in [3.8, 4) is 5.75 Å². The molecule has 0 fully saturated rings. The fourth-order valence-electron chi connectivity index (χ4n) is 1.44. The maximum absolute atomic E-state index is 5.87. The van der Waals surface area contributed by atoms with E-state index in [1.165, 1.54) is 5.56 Å². The molecule has 0 saturated heterocycles. The molecule has 0 amide bonds. The zero-order valence-electron chi connectivity index (χ0n) is 10.8. The van der Waals surface area contributed by atoms with Crippen LogP contribution in [0.15, 0.2) is 24.3 Å². The fraction of sp³-hybridized carbons (Fsp3) is 0.538. The number of nitrogens with two attached hydrogens (primary N) is 1. The highest BCUT2D eigenvalue weighted by Gasteiger charge is 2.08. The van der Waals surface area contributed by atoms with E-state index in [2.05, 4.69) is 17.4 Å². The van der Waals surface area contributed by atoms with Crippen LogP contribution in [-0.2, 0) is 6.42 Å². The van der Waals surface area contributed by atoms with Crippen molar-refractivity contribution in [3.63, 3.8) is 0 Å². The number of hydrogen-bond donors (Lipinski definition) is 2. The molecule has 1 aromatic rings. The molecular formula is C13H23ClN2O. The SMILES string of the molecule is COc1ccc(CCNCC(C)(C)N)cc1.Cl. The average molecular weight is 259 g/mol. The number of benzene rings is 1. The summed E-state index contributed by atoms with van der Waals surface area (Å²) >= 11 is 0. The van der Waals surface area contributed by atoms with Crippen molar-refractivity contribution in [1.29, 1.82) is 0 Å². The number of ether oxygens (including phenoxy) is 1. The lowest BCUT2D eigenvalue weighted by Crippen LogP contribution is -2.43. The second kappa shape index (κ2) is 7.54. The third-order valence-corrected chi connectivity index (χ3v) is 2.33. The molecule has 0 radical (unpaired) electrons. The van der Waals surface area contributed by atoms with Gasteiger partial charge in [0.1, 0.15) is 5.75 Å². The van der Waals surface area contributed by atoms with Crippen LogP contribution in [0.3, 0.4) is 0 Å². The molecule has 1 rings (SSSR count). The Kier molecular flexibility index (Phi) is 7.19. The van der Waals surface area contributed by atoms with Gasteiger partial charge in [-0.3, -0.25) is 0 Å². The molecule has 0 aliphatic carbocycles. The molecule has 0 unspecified atom stereocenters. The molecule has 17 heavy (non-hydrogen) atoms. The summed E-state index contributed by atoms with van der Waals surface area (Å²) < 4.78 is 5.11. The van der Waals surface area contributed by atoms with Crippen LogP contribution in [0.25, 0.3) is 0 Å². The molecule has 0 aromatic heterocycles. The summed E-state index contributed by atoms with van der Waals surface area (Å²) in [4.78, 5) is 0. The number of rotatable bonds is 6. The van der Waals surface area contributed by atoms with E-state index in [4.69, 9.17) is 10.5 Å². The lowest BCUT2D eigenvalue weighted by Gasteiger charge is -2.18. The Balaban J connectivity index is 0.00000256. The van der Waals surface area contributed by atoms with Gasteiger partial charge in [-0.1, -0.05) is 12.1 Å². The van der Waals surface area contributed by atoms with Gasteiger partial charge in [0.2, 0.25) is 0 Å². The smallest absolute Gasteiger partial charge is 0.118 e. The second-order valence-corrected chi connectivity index (χ2v) is 4.76. The van der Waals surface area contributed by atoms with Crippen LogP contribution in [0.2, 0.25) is 0 Å². The van der Waals surface area contributed by atoms with Crippen molar-refractivity contribution < 1.29 is 4.74 Å². The molecule has 0 aliphatic heterocycles. The molecule has 98 valence electrons. The maximum atomic E-state index is 5.87. The van der Waals surface area contributed by atoms with Crippen LogP contribution in [0.1, 0.15) is 19.4 Å². The van der Waals surface area contributed by atoms with Crippen LogP contribution in [0.5, 0.6) is 5.75 Å². The van der Waals surface area contributed by atoms with Crippen molar-refractivity contribution in [3.05, 3.63) is 29.8 Å². The summed E-state index contributed by atoms with van der Waals surface area (Å²) in [6, 6.07) is 8.16. The zero-order valence-corrected chi connectivity index (χ0v) is 11.6. The number of methoxy groups -OCH3 is 1. The van der Waals surface area contributed by atoms with Crippen molar-refractivity contribution in [2.24, 2.45) is 5.73 Å². The highest BCUT2D eigenvalue weighted by atomic mass is 35.5. The van der Waals surface area contributed by atoms with E-state index in [0.29, 0.717) is 0 Å². The molecule has 0 atom stereocenters. The van der Waals surface area contributed by atoms with Crippen molar-refractivity contribution in [1.82, 2.24) is 5.32 Å². The number of halogens is 1. The summed E-state index contributed by atoms with van der Waals surface area (Å²) in [7, 11) is 1.68. The first-order chi connectivity index (χ1) is 7.51. The largest absolute Gasteiger partial charge is 0.497 e. The molecular weight excluding hydrogens is 236 g/mol. The Labute approximate surface area is 110 Å². The average Bonchev–Trinajstić information content (AvgIpc) is 2.24. The summed E-state index contributed by atoms with van der Waals surface area (Å²) in [6.07, 6.45) is 1.01. The van der Waals surface area contributed by atoms with Gasteiger partial charge in [-0.15, -0.1) is 12.4 Å². The van der Waals surface area contributed by atoms with E-state index < -0.39 is 0 Å². The second-order valence-electron chi connectivity index (χ2n) is 4.76. The van der Waals surface area contributed by atoms with Gasteiger partial charge in [-0.05, 0) is 44.5 Å². The Morgan fingerprint density at radius 3 is 2.29 bits per heavy atom. The first-order valence-electron chi connectivity index (χ1n) is 5.64. The van der Waals surface area contributed by atoms with Gasteiger partial charge >= 0.3 is 0 Å². The first-order valence-corrected chi connectivity index (χ1v) is 5.64. The van der Waals surface area contributed by atoms with Gasteiger partial charge in [-0.2, -0.15) is 0 Å². The van der Waals surface area contributed by atoms with E-state index in [1.54, 1.807) is 7.11 Å². The van der Waals surface area contributed by atoms with Gasteiger partial charge in [0, 0.05) is 12.1 Å². The predicted molar refractivity (Wildman–Crippen MR) is 75.1 cm³/mol. The third kappa shape index (κ3) is 7.21. The van der Waals surface area contributed by atoms with Gasteiger partial charge < -0.3 is 15.8 Å². The molecule has 0 heterocycles. The minimum atomic E-state index is -0.139. The minimum Gasteiger partial charge on any atom is -0.497 e. The van der Waals surface area contributed by atoms with Crippen LogP contribution in [0.4, 0.5) is 0 Å². The van der Waals surface area contributed by atoms with Crippen LogP contribution >= 0.6 is 12.4 Å². The van der Waals surface area contributed by atoms with Crippen molar-refractivity contribution in [2.45, 2.75) is 25.8 Å². The lowest BCUT2D eigenvalue weighted by atomic mass is 10.1. The Morgan fingerprint density at radius 1 is 1.24 bits per heavy atom. The molecule has 3 N–H and O–H groups in total. The molecule has 0 saturated carbocycles. The predicted octanol–water partition coefficient (Wildman–Crippen LogP) is 1.99. The van der Waals surface area contributed by atoms with Crippen molar-refractivity contribution in [2.75, 3.05) is 20.2 Å². The number of hydrogen-bond acceptors (Lipinski definition) is 3. The molecule has 3 nitrogen and oxygen atoms in total. The highest BCUT2D eigenvalue weighted by molar-refractivity contribution is 5.85. The van der Waals surface area contributed by atoms with Crippen molar-refractivity contribution >= 4 is 12.4 Å². The zero-order chi connectivity index (χ0) is 12.0. The molecule has 0 spiro atoms. The van der Waals surface area contributed by atoms with Crippen LogP contribution in [-0.4, -0.2) is 25.7 Å². The lowest BCUT2D eigenvalue weighted by molar-refractivity contribution is 0.414. The minimum absolute atomic E-state index is 0. The normalized spacial score (nSPS) is 10.8. The first kappa shape index (κ1) is 16.2. The van der Waals surface area contributed by atoms with Crippen LogP contribution in [0, 0.1) is 0 Å². The fourth-order valence-corrected chi connectivity index (χ4v) is 1.44. The number of nitrogens with one attached hydrogen (secondary N) is 1. The van der Waals surface area contributed by atoms with E-state index in [-0.39, 0.29) is 17.9 Å². The van der Waals surface area contributed by atoms with E-state index in [9.17, 15) is 0 Å². The van der Waals surface area contributed by atoms with Gasteiger partial charge in [0.25, 0.3) is 0 Å². The quantitative estimate of drug-likeness (QED) is 0.768. The Morgan fingerprint density at radius 2 is 1.82 bits per heavy atom. The Hall–Kier alpha value is -0.770. The van der Waals surface area contributed by atoms with Gasteiger partial charge in [0.15, 0.2) is 0 Å². The molecule has 0 bridgehead atoms. The molecule has 1 aromatic carbocycles. The molecule has 4 heteroatoms. The summed E-state index contributed by atoms with van der Waals surface area (Å²) in [6.45, 7) is 5.83. The third-order valence-electron chi connectivity index (χ3n) is 2.33. The van der Waals surface area contributed by atoms with Gasteiger partial charge in [-0.25, -0.2) is 0 Å². The highest BCUT2D eigenvalue weighted by Crippen LogP contribution is 2.11. The molecule has 0 aliphatic rings. The summed E-state index contributed by atoms with van der Waals surface area (Å²) in [5.41, 5.74) is 7.04. The van der Waals surface area contributed by atoms with E-state index >= 15 is 0 Å². The monoisotopic (exact) mass is 258 g/mol. The van der Waals surface area contributed by atoms with E-state index in [1.807, 2.05) is 26.0 Å². The summed E-state index contributed by atoms with van der Waals surface area (Å²) in [5, 5.41) is 3.35. The van der Waals surface area contributed by atoms with Crippen LogP contribution < -0.4 is 15.8 Å². The Bertz CT molecular complexity index is 306. The maximum Gasteiger partial charge on any atom is 0.118 e. The standard InChI is InChI=1S/C13H22N2O.ClH/c1-13(2,14)10-15-9-8-11-4-6-12(16-3)7-5-11;/h4-7,15H,8-10,14H2,1-3H3;1H.